The van der Waals surface area contributed by atoms with Gasteiger partial charge in [-0.15, -0.1) is 0 Å². The third-order valence-corrected chi connectivity index (χ3v) is 1.83. The van der Waals surface area contributed by atoms with Crippen molar-refractivity contribution in [2.24, 2.45) is 0 Å². The Kier molecular flexibility index (Phi) is 3.45. The maximum absolute atomic E-state index is 13.4. The molecule has 0 aliphatic carbocycles. The van der Waals surface area contributed by atoms with Crippen LogP contribution in [0.1, 0.15) is 18.2 Å². The molecule has 0 aliphatic heterocycles. The molecule has 0 saturated carbocycles. The van der Waals surface area contributed by atoms with Crippen LogP contribution in [-0.4, -0.2) is 18.2 Å². The first-order chi connectivity index (χ1) is 6.65. The molecular weight excluding hydrogens is 187 g/mol. The Labute approximate surface area is 81.1 Å². The van der Waals surface area contributed by atoms with E-state index in [-0.39, 0.29) is 5.56 Å². The molecule has 0 amide bonds. The molecule has 1 atom stereocenters. The molecule has 0 heterocycles. The molecule has 14 heavy (non-hydrogen) atoms. The highest BCUT2D eigenvalue weighted by Crippen LogP contribution is 2.29. The third kappa shape index (κ3) is 2.45. The zero-order chi connectivity index (χ0) is 10.6. The minimum atomic E-state index is -1.52. The molecule has 0 bridgehead atoms. The topological polar surface area (TPSA) is 46.5 Å². The van der Waals surface area contributed by atoms with Crippen molar-refractivity contribution in [2.75, 3.05) is 7.11 Å². The minimum Gasteiger partial charge on any atom is -0.496 e. The number of halogens is 1. The van der Waals surface area contributed by atoms with E-state index in [1.54, 1.807) is 18.2 Å². The van der Waals surface area contributed by atoms with Crippen molar-refractivity contribution >= 4 is 5.97 Å². The van der Waals surface area contributed by atoms with Gasteiger partial charge >= 0.3 is 5.97 Å². The summed E-state index contributed by atoms with van der Waals surface area (Å²) in [5, 5.41) is 8.43. The lowest BCUT2D eigenvalue weighted by molar-refractivity contribution is -0.138. The molecule has 1 aromatic rings. The standard InChI is InChI=1S/C10H11FO3/c1-14-9-5-3-2-4-7(9)8(11)6-10(12)13/h2-5,8H,6H2,1H3,(H,12,13). The number of rotatable bonds is 4. The highest BCUT2D eigenvalue weighted by molar-refractivity contribution is 5.68. The molecular formula is C10H11FO3. The van der Waals surface area contributed by atoms with Crippen LogP contribution in [-0.2, 0) is 4.79 Å². The summed E-state index contributed by atoms with van der Waals surface area (Å²) in [7, 11) is 1.42. The van der Waals surface area contributed by atoms with Gasteiger partial charge in [0, 0.05) is 5.56 Å². The van der Waals surface area contributed by atoms with E-state index in [9.17, 15) is 9.18 Å². The molecule has 0 fully saturated rings. The number of carbonyl (C=O) groups is 1. The molecule has 4 heteroatoms. The summed E-state index contributed by atoms with van der Waals surface area (Å²) in [4.78, 5) is 10.3. The van der Waals surface area contributed by atoms with Gasteiger partial charge in [-0.05, 0) is 6.07 Å². The van der Waals surface area contributed by atoms with Crippen molar-refractivity contribution < 1.29 is 19.0 Å². The summed E-state index contributed by atoms with van der Waals surface area (Å²) in [6.45, 7) is 0. The van der Waals surface area contributed by atoms with Crippen molar-refractivity contribution in [1.29, 1.82) is 0 Å². The van der Waals surface area contributed by atoms with Crippen LogP contribution in [0.25, 0.3) is 0 Å². The molecule has 1 aromatic carbocycles. The van der Waals surface area contributed by atoms with Gasteiger partial charge in [-0.25, -0.2) is 4.39 Å². The molecule has 0 aliphatic rings. The van der Waals surface area contributed by atoms with Crippen LogP contribution in [0.4, 0.5) is 4.39 Å². The highest BCUT2D eigenvalue weighted by atomic mass is 19.1. The van der Waals surface area contributed by atoms with Gasteiger partial charge in [-0.1, -0.05) is 18.2 Å². The summed E-state index contributed by atoms with van der Waals surface area (Å²) >= 11 is 0. The molecule has 0 saturated heterocycles. The zero-order valence-corrected chi connectivity index (χ0v) is 7.74. The van der Waals surface area contributed by atoms with Gasteiger partial charge in [-0.3, -0.25) is 4.79 Å². The Balaban J connectivity index is 2.87. The number of ether oxygens (including phenoxy) is 1. The van der Waals surface area contributed by atoms with Gasteiger partial charge in [0.15, 0.2) is 0 Å². The number of hydrogen-bond donors (Lipinski definition) is 1. The molecule has 3 nitrogen and oxygen atoms in total. The largest absolute Gasteiger partial charge is 0.496 e. The Morgan fingerprint density at radius 2 is 2.21 bits per heavy atom. The van der Waals surface area contributed by atoms with Gasteiger partial charge < -0.3 is 9.84 Å². The fourth-order valence-corrected chi connectivity index (χ4v) is 1.19. The van der Waals surface area contributed by atoms with Gasteiger partial charge in [-0.2, -0.15) is 0 Å². The smallest absolute Gasteiger partial charge is 0.306 e. The number of methoxy groups -OCH3 is 1. The Morgan fingerprint density at radius 1 is 1.57 bits per heavy atom. The van der Waals surface area contributed by atoms with Crippen molar-refractivity contribution in [3.8, 4) is 5.75 Å². The fourth-order valence-electron chi connectivity index (χ4n) is 1.19. The van der Waals surface area contributed by atoms with E-state index in [2.05, 4.69) is 0 Å². The van der Waals surface area contributed by atoms with Crippen LogP contribution in [0.15, 0.2) is 24.3 Å². The van der Waals surface area contributed by atoms with Crippen LogP contribution in [0.5, 0.6) is 5.75 Å². The number of alkyl halides is 1. The lowest BCUT2D eigenvalue weighted by atomic mass is 10.1. The van der Waals surface area contributed by atoms with Crippen LogP contribution in [0.3, 0.4) is 0 Å². The maximum atomic E-state index is 13.4. The second kappa shape index (κ2) is 4.60. The van der Waals surface area contributed by atoms with Crippen molar-refractivity contribution in [1.82, 2.24) is 0 Å². The summed E-state index contributed by atoms with van der Waals surface area (Å²) in [6, 6.07) is 6.47. The molecule has 0 radical (unpaired) electrons. The number of benzene rings is 1. The summed E-state index contributed by atoms with van der Waals surface area (Å²) < 4.78 is 18.3. The minimum absolute atomic E-state index is 0.275. The first kappa shape index (κ1) is 10.5. The number of carboxylic acid groups (broad SMARTS) is 1. The lowest BCUT2D eigenvalue weighted by Crippen LogP contribution is -2.03. The van der Waals surface area contributed by atoms with Crippen LogP contribution >= 0.6 is 0 Å². The highest BCUT2D eigenvalue weighted by Gasteiger charge is 2.17. The van der Waals surface area contributed by atoms with Gasteiger partial charge in [0.05, 0.1) is 13.5 Å². The molecule has 0 spiro atoms. The predicted octanol–water partition coefficient (Wildman–Crippen LogP) is 2.18. The van der Waals surface area contributed by atoms with E-state index in [0.717, 1.165) is 0 Å². The van der Waals surface area contributed by atoms with E-state index in [1.165, 1.54) is 13.2 Å². The lowest BCUT2D eigenvalue weighted by Gasteiger charge is -2.10. The van der Waals surface area contributed by atoms with Gasteiger partial charge in [0.2, 0.25) is 0 Å². The summed E-state index contributed by atoms with van der Waals surface area (Å²) in [5.74, 6) is -0.787. The van der Waals surface area contributed by atoms with Crippen LogP contribution < -0.4 is 4.74 Å². The Morgan fingerprint density at radius 3 is 2.79 bits per heavy atom. The van der Waals surface area contributed by atoms with Crippen molar-refractivity contribution in [3.63, 3.8) is 0 Å². The second-order valence-electron chi connectivity index (χ2n) is 2.81. The Bertz CT molecular complexity index is 325. The average Bonchev–Trinajstić information content (AvgIpc) is 2.16. The van der Waals surface area contributed by atoms with Crippen LogP contribution in [0, 0.1) is 0 Å². The molecule has 1 rings (SSSR count). The maximum Gasteiger partial charge on any atom is 0.306 e. The second-order valence-corrected chi connectivity index (χ2v) is 2.81. The Hall–Kier alpha value is -1.58. The monoisotopic (exact) mass is 198 g/mol. The predicted molar refractivity (Wildman–Crippen MR) is 49.1 cm³/mol. The first-order valence-corrected chi connectivity index (χ1v) is 4.14. The molecule has 1 N–H and O–H groups in total. The molecule has 76 valence electrons. The summed E-state index contributed by atoms with van der Waals surface area (Å²) in [5.41, 5.74) is 0.275. The third-order valence-electron chi connectivity index (χ3n) is 1.83. The number of hydrogen-bond acceptors (Lipinski definition) is 2. The summed E-state index contributed by atoms with van der Waals surface area (Å²) in [6.07, 6.45) is -2.07. The van der Waals surface area contributed by atoms with E-state index in [0.29, 0.717) is 5.75 Å². The molecule has 1 unspecified atom stereocenters. The average molecular weight is 198 g/mol. The van der Waals surface area contributed by atoms with Gasteiger partial charge in [0.1, 0.15) is 11.9 Å². The quantitative estimate of drug-likeness (QED) is 0.806. The number of para-hydroxylation sites is 1. The first-order valence-electron chi connectivity index (χ1n) is 4.14. The zero-order valence-electron chi connectivity index (χ0n) is 7.74. The van der Waals surface area contributed by atoms with E-state index in [1.807, 2.05) is 0 Å². The SMILES string of the molecule is COc1ccccc1C(F)CC(=O)O. The van der Waals surface area contributed by atoms with Crippen molar-refractivity contribution in [3.05, 3.63) is 29.8 Å². The van der Waals surface area contributed by atoms with Crippen LogP contribution in [0.2, 0.25) is 0 Å². The van der Waals surface area contributed by atoms with E-state index in [4.69, 9.17) is 9.84 Å². The van der Waals surface area contributed by atoms with E-state index >= 15 is 0 Å². The van der Waals surface area contributed by atoms with Crippen molar-refractivity contribution in [2.45, 2.75) is 12.6 Å². The fraction of sp³-hybridized carbons (Fsp3) is 0.300. The molecule has 0 aromatic heterocycles. The van der Waals surface area contributed by atoms with E-state index < -0.39 is 18.6 Å². The van der Waals surface area contributed by atoms with Gasteiger partial charge in [0.25, 0.3) is 0 Å². The normalized spacial score (nSPS) is 12.1. The number of aliphatic carboxylic acids is 1. The number of carboxylic acids is 1.